The third kappa shape index (κ3) is 5.28. The maximum atomic E-state index is 12.3. The highest BCUT2D eigenvalue weighted by Gasteiger charge is 2.19. The van der Waals surface area contributed by atoms with Gasteiger partial charge in [-0.15, -0.1) is 0 Å². The highest BCUT2D eigenvalue weighted by atomic mass is 16.7. The Kier molecular flexibility index (Phi) is 6.21. The third-order valence-corrected chi connectivity index (χ3v) is 4.70. The molecule has 0 bridgehead atoms. The van der Waals surface area contributed by atoms with Crippen molar-refractivity contribution in [3.05, 3.63) is 106 Å². The number of carbonyl (C=O) groups is 2. The number of hydrazone groups is 1. The number of fused-ring (bicyclic) bond motifs is 1. The largest absolute Gasteiger partial charge is 0.433 e. The third-order valence-electron chi connectivity index (χ3n) is 4.70. The summed E-state index contributed by atoms with van der Waals surface area (Å²) in [5, 5.41) is 16.7. The first-order valence-corrected chi connectivity index (χ1v) is 9.84. The van der Waals surface area contributed by atoms with Crippen LogP contribution in [0.25, 0.3) is 10.8 Å². The first kappa shape index (κ1) is 21.4. The van der Waals surface area contributed by atoms with Crippen molar-refractivity contribution in [2.45, 2.75) is 6.42 Å². The number of carbonyl (C=O) groups excluding carboxylic acids is 2. The molecular weight excluding hydrogens is 426 g/mol. The molecule has 1 N–H and O–H groups in total. The summed E-state index contributed by atoms with van der Waals surface area (Å²) in [6.07, 6.45) is 1.65. The van der Waals surface area contributed by atoms with Crippen LogP contribution in [0.4, 0.5) is 5.88 Å². The van der Waals surface area contributed by atoms with Gasteiger partial charge in [0.25, 0.3) is 0 Å². The summed E-state index contributed by atoms with van der Waals surface area (Å²) in [6.45, 7) is 0. The van der Waals surface area contributed by atoms with E-state index in [1.54, 1.807) is 12.1 Å². The Labute approximate surface area is 187 Å². The van der Waals surface area contributed by atoms with Crippen molar-refractivity contribution in [1.29, 1.82) is 0 Å². The summed E-state index contributed by atoms with van der Waals surface area (Å²) in [7, 11) is 0. The van der Waals surface area contributed by atoms with E-state index in [1.165, 1.54) is 24.4 Å². The minimum absolute atomic E-state index is 0.193. The molecule has 164 valence electrons. The van der Waals surface area contributed by atoms with Crippen LogP contribution in [0.15, 0.2) is 88.4 Å². The Morgan fingerprint density at radius 3 is 2.52 bits per heavy atom. The summed E-state index contributed by atoms with van der Waals surface area (Å²) < 4.78 is 9.93. The van der Waals surface area contributed by atoms with Crippen molar-refractivity contribution >= 4 is 34.7 Å². The Hall–Kier alpha value is -4.79. The average Bonchev–Trinajstić information content (AvgIpc) is 3.32. The highest BCUT2D eigenvalue weighted by molar-refractivity contribution is 5.91. The zero-order valence-electron chi connectivity index (χ0n) is 17.1. The van der Waals surface area contributed by atoms with E-state index < -0.39 is 16.8 Å². The summed E-state index contributed by atoms with van der Waals surface area (Å²) in [6, 6.07) is 22.2. The van der Waals surface area contributed by atoms with Gasteiger partial charge in [0.15, 0.2) is 0 Å². The van der Waals surface area contributed by atoms with Gasteiger partial charge in [-0.25, -0.2) is 10.2 Å². The van der Waals surface area contributed by atoms with E-state index in [2.05, 4.69) is 10.5 Å². The molecule has 9 heteroatoms. The van der Waals surface area contributed by atoms with Gasteiger partial charge in [0.1, 0.15) is 10.7 Å². The van der Waals surface area contributed by atoms with E-state index in [9.17, 15) is 19.7 Å². The van der Waals surface area contributed by atoms with Gasteiger partial charge in [-0.05, 0) is 52.2 Å². The molecule has 1 heterocycles. The molecule has 0 atom stereocenters. The number of furan rings is 1. The van der Waals surface area contributed by atoms with Gasteiger partial charge in [-0.1, -0.05) is 42.5 Å². The molecule has 0 saturated heterocycles. The molecule has 1 amide bonds. The van der Waals surface area contributed by atoms with E-state index in [-0.39, 0.29) is 23.8 Å². The Morgan fingerprint density at radius 2 is 1.76 bits per heavy atom. The number of nitro groups is 1. The summed E-state index contributed by atoms with van der Waals surface area (Å²) in [5.41, 5.74) is 4.07. The molecule has 4 aromatic rings. The second-order valence-electron chi connectivity index (χ2n) is 6.96. The van der Waals surface area contributed by atoms with Crippen LogP contribution in [-0.4, -0.2) is 23.0 Å². The molecule has 0 spiro atoms. The second-order valence-corrected chi connectivity index (χ2v) is 6.96. The van der Waals surface area contributed by atoms with E-state index >= 15 is 0 Å². The van der Waals surface area contributed by atoms with Gasteiger partial charge < -0.3 is 9.15 Å². The number of benzene rings is 3. The summed E-state index contributed by atoms with van der Waals surface area (Å²) in [5.74, 6) is -1.71. The molecular formula is C24H17N3O6. The standard InChI is InChI=1S/C24H17N3O6/c28-22(14-18-6-3-5-17-4-1-2-7-20(17)18)26-25-15-16-8-10-19(11-9-16)32-24(29)21-12-13-23(33-21)27(30)31/h1-13,15H,14H2,(H,26,28)/b25-15+. The van der Waals surface area contributed by atoms with Crippen molar-refractivity contribution in [2.75, 3.05) is 0 Å². The molecule has 3 aromatic carbocycles. The average molecular weight is 443 g/mol. The maximum Gasteiger partial charge on any atom is 0.433 e. The van der Waals surface area contributed by atoms with Gasteiger partial charge in [0.05, 0.1) is 18.7 Å². The molecule has 0 aliphatic carbocycles. The molecule has 0 fully saturated rings. The molecule has 0 radical (unpaired) electrons. The van der Waals surface area contributed by atoms with Crippen LogP contribution >= 0.6 is 0 Å². The van der Waals surface area contributed by atoms with E-state index in [4.69, 9.17) is 9.15 Å². The van der Waals surface area contributed by atoms with Crippen LogP contribution < -0.4 is 10.2 Å². The van der Waals surface area contributed by atoms with Crippen molar-refractivity contribution in [1.82, 2.24) is 5.43 Å². The Morgan fingerprint density at radius 1 is 1.00 bits per heavy atom. The number of nitrogens with one attached hydrogen (secondary N) is 1. The minimum Gasteiger partial charge on any atom is -0.421 e. The minimum atomic E-state index is -0.856. The first-order valence-electron chi connectivity index (χ1n) is 9.84. The monoisotopic (exact) mass is 443 g/mol. The number of hydrogen-bond donors (Lipinski definition) is 1. The fraction of sp³-hybridized carbons (Fsp3) is 0.0417. The zero-order valence-corrected chi connectivity index (χ0v) is 17.1. The van der Waals surface area contributed by atoms with Crippen molar-refractivity contribution in [3.8, 4) is 5.75 Å². The van der Waals surface area contributed by atoms with Gasteiger partial charge in [0.2, 0.25) is 11.7 Å². The number of amides is 1. The lowest BCUT2D eigenvalue weighted by atomic mass is 10.0. The Bertz CT molecular complexity index is 1350. The van der Waals surface area contributed by atoms with Crippen LogP contribution in [0.5, 0.6) is 5.75 Å². The molecule has 9 nitrogen and oxygen atoms in total. The van der Waals surface area contributed by atoms with Gasteiger partial charge in [-0.3, -0.25) is 14.9 Å². The highest BCUT2D eigenvalue weighted by Crippen LogP contribution is 2.20. The second kappa shape index (κ2) is 9.56. The van der Waals surface area contributed by atoms with Crippen molar-refractivity contribution < 1.29 is 23.7 Å². The van der Waals surface area contributed by atoms with E-state index in [1.807, 2.05) is 42.5 Å². The SMILES string of the molecule is O=C(Cc1cccc2ccccc12)N/N=C/c1ccc(OC(=O)c2ccc([N+](=O)[O-])o2)cc1. The van der Waals surface area contributed by atoms with E-state index in [0.29, 0.717) is 5.56 Å². The Balaban J connectivity index is 1.32. The van der Waals surface area contributed by atoms with Crippen molar-refractivity contribution in [2.24, 2.45) is 5.10 Å². The molecule has 33 heavy (non-hydrogen) atoms. The van der Waals surface area contributed by atoms with Crippen LogP contribution in [0.2, 0.25) is 0 Å². The quantitative estimate of drug-likeness (QED) is 0.150. The lowest BCUT2D eigenvalue weighted by molar-refractivity contribution is -0.402. The maximum absolute atomic E-state index is 12.3. The molecule has 0 aliphatic rings. The summed E-state index contributed by atoms with van der Waals surface area (Å²) in [4.78, 5) is 34.1. The number of esters is 1. The number of nitrogens with zero attached hydrogens (tertiary/aromatic N) is 2. The number of hydrogen-bond acceptors (Lipinski definition) is 7. The lowest BCUT2D eigenvalue weighted by Crippen LogP contribution is -2.19. The van der Waals surface area contributed by atoms with Gasteiger partial charge >= 0.3 is 11.9 Å². The fourth-order valence-electron chi connectivity index (χ4n) is 3.15. The topological polar surface area (TPSA) is 124 Å². The molecule has 0 saturated carbocycles. The molecule has 1 aromatic heterocycles. The van der Waals surface area contributed by atoms with Crippen LogP contribution in [0.1, 0.15) is 21.7 Å². The molecule has 0 aliphatic heterocycles. The number of rotatable bonds is 7. The van der Waals surface area contributed by atoms with Crippen LogP contribution in [-0.2, 0) is 11.2 Å². The first-order chi connectivity index (χ1) is 16.0. The van der Waals surface area contributed by atoms with Gasteiger partial charge in [-0.2, -0.15) is 5.10 Å². The lowest BCUT2D eigenvalue weighted by Gasteiger charge is -2.05. The van der Waals surface area contributed by atoms with Crippen molar-refractivity contribution in [3.63, 3.8) is 0 Å². The fourth-order valence-corrected chi connectivity index (χ4v) is 3.15. The zero-order chi connectivity index (χ0) is 23.2. The summed E-state index contributed by atoms with van der Waals surface area (Å²) >= 11 is 0. The predicted molar refractivity (Wildman–Crippen MR) is 120 cm³/mol. The van der Waals surface area contributed by atoms with Gasteiger partial charge in [0, 0.05) is 0 Å². The van der Waals surface area contributed by atoms with Crippen LogP contribution in [0, 0.1) is 10.1 Å². The molecule has 4 rings (SSSR count). The smallest absolute Gasteiger partial charge is 0.421 e. The molecule has 0 unspecified atom stereocenters. The number of ether oxygens (including phenoxy) is 1. The normalized spacial score (nSPS) is 10.9. The van der Waals surface area contributed by atoms with Crippen LogP contribution in [0.3, 0.4) is 0 Å². The van der Waals surface area contributed by atoms with E-state index in [0.717, 1.165) is 22.4 Å². The predicted octanol–water partition coefficient (Wildman–Crippen LogP) is 4.25.